The number of imidazole rings is 1. The van der Waals surface area contributed by atoms with Gasteiger partial charge in [0.15, 0.2) is 5.65 Å². The predicted molar refractivity (Wildman–Crippen MR) is 88.0 cm³/mol. The van der Waals surface area contributed by atoms with Gasteiger partial charge in [0.25, 0.3) is 0 Å². The lowest BCUT2D eigenvalue weighted by molar-refractivity contribution is 0.211. The lowest BCUT2D eigenvalue weighted by Gasteiger charge is -2.31. The van der Waals surface area contributed by atoms with Crippen LogP contribution in [-0.2, 0) is 6.42 Å². The van der Waals surface area contributed by atoms with Crippen LogP contribution in [0.1, 0.15) is 37.5 Å². The maximum absolute atomic E-state index is 4.92. The molecule has 2 aliphatic rings. The van der Waals surface area contributed by atoms with Crippen LogP contribution in [-0.4, -0.2) is 52.2 Å². The molecular formula is C17H25N5. The Hall–Kier alpha value is -1.46. The van der Waals surface area contributed by atoms with Gasteiger partial charge in [-0.15, -0.1) is 0 Å². The van der Waals surface area contributed by atoms with Crippen LogP contribution in [0.3, 0.4) is 0 Å². The highest BCUT2D eigenvalue weighted by Crippen LogP contribution is 2.27. The van der Waals surface area contributed by atoms with Crippen LogP contribution in [0, 0.1) is 0 Å². The minimum Gasteiger partial charge on any atom is -0.314 e. The molecule has 2 atom stereocenters. The summed E-state index contributed by atoms with van der Waals surface area (Å²) in [5.41, 5.74) is 2.11. The van der Waals surface area contributed by atoms with Crippen molar-refractivity contribution in [2.24, 2.45) is 0 Å². The molecule has 2 saturated heterocycles. The average Bonchev–Trinajstić information content (AvgIpc) is 3.14. The highest BCUT2D eigenvalue weighted by molar-refractivity contribution is 5.71. The van der Waals surface area contributed by atoms with E-state index in [0.29, 0.717) is 12.1 Å². The summed E-state index contributed by atoms with van der Waals surface area (Å²) in [5, 5.41) is 3.60. The molecule has 2 unspecified atom stereocenters. The van der Waals surface area contributed by atoms with E-state index >= 15 is 0 Å². The number of likely N-dealkylation sites (tertiary alicyclic amines) is 1. The van der Waals surface area contributed by atoms with Crippen molar-refractivity contribution in [1.82, 2.24) is 24.8 Å². The number of hydrogen-bond acceptors (Lipinski definition) is 4. The van der Waals surface area contributed by atoms with Crippen LogP contribution in [0.5, 0.6) is 0 Å². The minimum atomic E-state index is 0.509. The van der Waals surface area contributed by atoms with Gasteiger partial charge in [-0.3, -0.25) is 0 Å². The van der Waals surface area contributed by atoms with Gasteiger partial charge in [-0.2, -0.15) is 0 Å². The second kappa shape index (κ2) is 5.97. The third-order valence-electron chi connectivity index (χ3n) is 5.08. The molecule has 22 heavy (non-hydrogen) atoms. The molecule has 0 spiro atoms. The van der Waals surface area contributed by atoms with Gasteiger partial charge < -0.3 is 14.8 Å². The van der Waals surface area contributed by atoms with Gasteiger partial charge in [-0.1, -0.05) is 0 Å². The molecule has 0 amide bonds. The molecule has 2 aromatic heterocycles. The first kappa shape index (κ1) is 14.2. The van der Waals surface area contributed by atoms with Crippen LogP contribution >= 0.6 is 0 Å². The Labute approximate surface area is 131 Å². The maximum atomic E-state index is 4.92. The van der Waals surface area contributed by atoms with Crippen LogP contribution in [0.25, 0.3) is 11.2 Å². The number of piperidine rings is 1. The Balaban J connectivity index is 1.72. The number of likely N-dealkylation sites (N-methyl/N-ethyl adjacent to an activating group) is 1. The topological polar surface area (TPSA) is 46.0 Å². The van der Waals surface area contributed by atoms with E-state index in [1.807, 2.05) is 12.3 Å². The van der Waals surface area contributed by atoms with Gasteiger partial charge in [0, 0.05) is 31.2 Å². The van der Waals surface area contributed by atoms with Crippen LogP contribution < -0.4 is 5.32 Å². The summed E-state index contributed by atoms with van der Waals surface area (Å²) >= 11 is 0. The molecule has 5 nitrogen and oxygen atoms in total. The number of nitrogens with zero attached hydrogens (tertiary/aromatic N) is 4. The Bertz CT molecular complexity index is 644. The molecule has 0 radical (unpaired) electrons. The third-order valence-corrected chi connectivity index (χ3v) is 5.08. The predicted octanol–water partition coefficient (Wildman–Crippen LogP) is 1.99. The number of hydrogen-bond donors (Lipinski definition) is 1. The second-order valence-corrected chi connectivity index (χ2v) is 6.80. The van der Waals surface area contributed by atoms with Gasteiger partial charge in [0.05, 0.1) is 0 Å². The molecule has 4 rings (SSSR count). The van der Waals surface area contributed by atoms with Crippen molar-refractivity contribution in [3.8, 4) is 0 Å². The fourth-order valence-corrected chi connectivity index (χ4v) is 4.01. The van der Waals surface area contributed by atoms with E-state index in [2.05, 4.69) is 32.9 Å². The summed E-state index contributed by atoms with van der Waals surface area (Å²) in [5.74, 6) is 1.22. The van der Waals surface area contributed by atoms with Crippen LogP contribution in [0.2, 0.25) is 0 Å². The summed E-state index contributed by atoms with van der Waals surface area (Å²) in [6.07, 6.45) is 7.96. The lowest BCUT2D eigenvalue weighted by Crippen LogP contribution is -2.35. The molecule has 0 aliphatic carbocycles. The maximum Gasteiger partial charge on any atom is 0.160 e. The van der Waals surface area contributed by atoms with E-state index in [9.17, 15) is 0 Å². The smallest absolute Gasteiger partial charge is 0.160 e. The molecular weight excluding hydrogens is 274 g/mol. The van der Waals surface area contributed by atoms with Gasteiger partial charge in [0.1, 0.15) is 11.3 Å². The van der Waals surface area contributed by atoms with Gasteiger partial charge in [-0.05, 0) is 58.0 Å². The highest BCUT2D eigenvalue weighted by atomic mass is 15.2. The summed E-state index contributed by atoms with van der Waals surface area (Å²) in [7, 11) is 2.22. The molecule has 5 heteroatoms. The molecule has 1 N–H and O–H groups in total. The largest absolute Gasteiger partial charge is 0.314 e. The Morgan fingerprint density at radius 3 is 3.09 bits per heavy atom. The Kier molecular flexibility index (Phi) is 3.84. The lowest BCUT2D eigenvalue weighted by atomic mass is 10.1. The first-order chi connectivity index (χ1) is 10.8. The number of fused-ring (bicyclic) bond motifs is 1. The molecule has 0 aromatic carbocycles. The Morgan fingerprint density at radius 2 is 2.27 bits per heavy atom. The van der Waals surface area contributed by atoms with E-state index in [4.69, 9.17) is 4.98 Å². The van der Waals surface area contributed by atoms with Crippen molar-refractivity contribution in [3.05, 3.63) is 24.2 Å². The Morgan fingerprint density at radius 1 is 1.32 bits per heavy atom. The normalized spacial score (nSPS) is 26.8. The number of aromatic nitrogens is 3. The van der Waals surface area contributed by atoms with Crippen molar-refractivity contribution >= 4 is 11.2 Å². The SMILES string of the molecule is CN1CCCC(n2c(CC3CCCN3)nc3cccnc32)C1. The first-order valence-electron chi connectivity index (χ1n) is 8.55. The third kappa shape index (κ3) is 2.63. The van der Waals surface area contributed by atoms with E-state index in [-0.39, 0.29) is 0 Å². The summed E-state index contributed by atoms with van der Waals surface area (Å²) < 4.78 is 2.44. The van der Waals surface area contributed by atoms with E-state index < -0.39 is 0 Å². The standard InChI is InChI=1S/C17H25N5/c1-21-10-4-6-14(12-21)22-16(11-13-5-2-8-18-13)20-15-7-3-9-19-17(15)22/h3,7,9,13-14,18H,2,4-6,8,10-12H2,1H3. The zero-order valence-electron chi connectivity index (χ0n) is 13.3. The average molecular weight is 299 g/mol. The second-order valence-electron chi connectivity index (χ2n) is 6.80. The van der Waals surface area contributed by atoms with E-state index in [1.165, 1.54) is 38.1 Å². The summed E-state index contributed by atoms with van der Waals surface area (Å²) in [4.78, 5) is 12.0. The number of rotatable bonds is 3. The molecule has 2 aromatic rings. The highest BCUT2D eigenvalue weighted by Gasteiger charge is 2.26. The van der Waals surface area contributed by atoms with Gasteiger partial charge in [0.2, 0.25) is 0 Å². The number of pyridine rings is 1. The molecule has 2 fully saturated rings. The fraction of sp³-hybridized carbons (Fsp3) is 0.647. The zero-order valence-corrected chi connectivity index (χ0v) is 13.3. The first-order valence-corrected chi connectivity index (χ1v) is 8.55. The van der Waals surface area contributed by atoms with Crippen molar-refractivity contribution in [3.63, 3.8) is 0 Å². The van der Waals surface area contributed by atoms with Gasteiger partial charge >= 0.3 is 0 Å². The van der Waals surface area contributed by atoms with E-state index in [0.717, 1.165) is 30.7 Å². The number of nitrogens with one attached hydrogen (secondary N) is 1. The summed E-state index contributed by atoms with van der Waals surface area (Å²) in [6.45, 7) is 3.46. The van der Waals surface area contributed by atoms with Crippen LogP contribution in [0.15, 0.2) is 18.3 Å². The van der Waals surface area contributed by atoms with Crippen molar-refractivity contribution in [2.45, 2.75) is 44.2 Å². The van der Waals surface area contributed by atoms with Crippen molar-refractivity contribution < 1.29 is 0 Å². The molecule has 118 valence electrons. The molecule has 0 bridgehead atoms. The quantitative estimate of drug-likeness (QED) is 0.941. The molecule has 0 saturated carbocycles. The van der Waals surface area contributed by atoms with Crippen molar-refractivity contribution in [1.29, 1.82) is 0 Å². The van der Waals surface area contributed by atoms with E-state index in [1.54, 1.807) is 0 Å². The van der Waals surface area contributed by atoms with Gasteiger partial charge in [-0.25, -0.2) is 9.97 Å². The zero-order chi connectivity index (χ0) is 14.9. The fourth-order valence-electron chi connectivity index (χ4n) is 4.01. The summed E-state index contributed by atoms with van der Waals surface area (Å²) in [6, 6.07) is 5.17. The molecule has 2 aliphatic heterocycles. The van der Waals surface area contributed by atoms with Crippen LogP contribution in [0.4, 0.5) is 0 Å². The van der Waals surface area contributed by atoms with Crippen molar-refractivity contribution in [2.75, 3.05) is 26.7 Å². The monoisotopic (exact) mass is 299 g/mol. The molecule has 4 heterocycles. The minimum absolute atomic E-state index is 0.509.